The molecule has 0 amide bonds. The molecule has 5 rings (SSSR count). The molecular weight excluding hydrogens is 666 g/mol. The lowest BCUT2D eigenvalue weighted by molar-refractivity contribution is 0.307. The molecule has 0 spiro atoms. The topological polar surface area (TPSA) is 64.6 Å². The molecule has 8 heteroatoms. The first-order valence-corrected chi connectivity index (χ1v) is 16.7. The quantitative estimate of drug-likeness (QED) is 0.190. The molecule has 4 aromatic carbocycles. The number of hydrogen-bond donors (Lipinski definition) is 1. The van der Waals surface area contributed by atoms with Gasteiger partial charge in [0, 0.05) is 8.95 Å². The van der Waals surface area contributed by atoms with E-state index >= 15 is 0 Å². The van der Waals surface area contributed by atoms with Crippen LogP contribution in [0.25, 0.3) is 0 Å². The number of hydrogen-bond acceptors (Lipinski definition) is 4. The van der Waals surface area contributed by atoms with Crippen LogP contribution >= 0.6 is 31.9 Å². The summed E-state index contributed by atoms with van der Waals surface area (Å²) in [6.07, 6.45) is 3.89. The number of aryl methyl sites for hydroxylation is 2. The molecule has 1 atom stereocenters. The van der Waals surface area contributed by atoms with Gasteiger partial charge >= 0.3 is 0 Å². The van der Waals surface area contributed by atoms with Crippen molar-refractivity contribution in [3.05, 3.63) is 115 Å². The summed E-state index contributed by atoms with van der Waals surface area (Å²) >= 11 is 7.38. The molecule has 0 saturated carbocycles. The van der Waals surface area contributed by atoms with Crippen LogP contribution in [0.1, 0.15) is 52.1 Å². The minimum atomic E-state index is -3.87. The van der Waals surface area contributed by atoms with Gasteiger partial charge in [-0.25, -0.2) is 8.42 Å². The lowest BCUT2D eigenvalue weighted by atomic mass is 9.79. The van der Waals surface area contributed by atoms with Gasteiger partial charge in [0.25, 0.3) is 10.0 Å². The predicted molar refractivity (Wildman–Crippen MR) is 172 cm³/mol. The zero-order chi connectivity index (χ0) is 29.1. The van der Waals surface area contributed by atoms with Crippen LogP contribution in [0.4, 0.5) is 5.69 Å². The minimum Gasteiger partial charge on any atom is -0.497 e. The second-order valence-corrected chi connectivity index (χ2v) is 14.0. The van der Waals surface area contributed by atoms with Crippen molar-refractivity contribution < 1.29 is 17.9 Å². The Hall–Kier alpha value is -2.81. The minimum absolute atomic E-state index is 0.159. The molecule has 0 radical (unpaired) electrons. The molecule has 0 heterocycles. The van der Waals surface area contributed by atoms with E-state index in [9.17, 15) is 8.42 Å². The average molecular weight is 700 g/mol. The maximum Gasteiger partial charge on any atom is 0.262 e. The van der Waals surface area contributed by atoms with E-state index in [1.165, 1.54) is 27.8 Å². The summed E-state index contributed by atoms with van der Waals surface area (Å²) in [5.41, 5.74) is 7.41. The number of nitrogens with one attached hydrogen (secondary N) is 1. The molecule has 214 valence electrons. The van der Waals surface area contributed by atoms with Crippen molar-refractivity contribution in [3.63, 3.8) is 0 Å². The molecule has 0 fully saturated rings. The maximum atomic E-state index is 13.5. The summed E-state index contributed by atoms with van der Waals surface area (Å²) in [7, 11) is -2.31. The van der Waals surface area contributed by atoms with Crippen LogP contribution in [-0.4, -0.2) is 15.5 Å². The third kappa shape index (κ3) is 6.99. The Balaban J connectivity index is 1.50. The summed E-state index contributed by atoms with van der Waals surface area (Å²) in [5, 5.41) is 0. The smallest absolute Gasteiger partial charge is 0.262 e. The molecule has 0 bridgehead atoms. The molecule has 1 N–H and O–H groups in total. The van der Waals surface area contributed by atoms with Gasteiger partial charge in [0.2, 0.25) is 0 Å². The van der Waals surface area contributed by atoms with E-state index in [1.54, 1.807) is 31.4 Å². The van der Waals surface area contributed by atoms with Gasteiger partial charge in [-0.3, -0.25) is 4.72 Å². The fraction of sp³-hybridized carbons (Fsp3) is 0.273. The Morgan fingerprint density at radius 3 is 2.24 bits per heavy atom. The van der Waals surface area contributed by atoms with Crippen molar-refractivity contribution in [2.24, 2.45) is 0 Å². The van der Waals surface area contributed by atoms with E-state index in [-0.39, 0.29) is 10.8 Å². The van der Waals surface area contributed by atoms with Crippen LogP contribution in [0.2, 0.25) is 0 Å². The van der Waals surface area contributed by atoms with Gasteiger partial charge in [-0.2, -0.15) is 0 Å². The number of sulfonamides is 1. The molecule has 5 nitrogen and oxygen atoms in total. The predicted octanol–water partition coefficient (Wildman–Crippen LogP) is 8.88. The van der Waals surface area contributed by atoms with E-state index in [0.29, 0.717) is 23.8 Å². The van der Waals surface area contributed by atoms with Crippen molar-refractivity contribution in [3.8, 4) is 11.5 Å². The number of anilines is 1. The summed E-state index contributed by atoms with van der Waals surface area (Å²) < 4.78 is 43.5. The summed E-state index contributed by atoms with van der Waals surface area (Å²) in [4.78, 5) is 0.159. The third-order valence-corrected chi connectivity index (χ3v) is 10.7. The number of rotatable bonds is 9. The first-order chi connectivity index (χ1) is 19.6. The van der Waals surface area contributed by atoms with E-state index < -0.39 is 10.0 Å². The lowest BCUT2D eigenvalue weighted by Gasteiger charge is -2.28. The first-order valence-electron chi connectivity index (χ1n) is 13.6. The second kappa shape index (κ2) is 12.6. The summed E-state index contributed by atoms with van der Waals surface area (Å²) in [6, 6.07) is 22.9. The number of halogens is 2. The zero-order valence-corrected chi connectivity index (χ0v) is 27.3. The fourth-order valence-electron chi connectivity index (χ4n) is 5.24. The Labute approximate surface area is 259 Å². The van der Waals surface area contributed by atoms with Crippen molar-refractivity contribution in [2.45, 2.75) is 57.0 Å². The molecular formula is C33H33Br2NO4S. The van der Waals surface area contributed by atoms with E-state index in [1.807, 2.05) is 43.3 Å². The highest BCUT2D eigenvalue weighted by molar-refractivity contribution is 9.11. The van der Waals surface area contributed by atoms with Crippen molar-refractivity contribution in [2.75, 3.05) is 11.8 Å². The molecule has 1 aliphatic rings. The number of methoxy groups -OCH3 is 1. The first kappa shape index (κ1) is 29.7. The number of fused-ring (bicyclic) bond motifs is 1. The highest BCUT2D eigenvalue weighted by atomic mass is 79.9. The van der Waals surface area contributed by atoms with Crippen molar-refractivity contribution in [1.29, 1.82) is 0 Å². The van der Waals surface area contributed by atoms with Crippen LogP contribution in [0.3, 0.4) is 0 Å². The standard InChI is InChI=1S/C33H33Br2NO4S/c1-21-7-9-23(10-8-21)20-40-33-18-26-6-4-5-25(15-24-16-30(34)22(2)31(35)17-24)29(26)19-32(33)36-41(37,38)28-13-11-27(39-3)12-14-28/h7-14,16-19,25,36H,4-6,15,20H2,1-3H3. The van der Waals surface area contributed by atoms with Crippen molar-refractivity contribution >= 4 is 47.6 Å². The highest BCUT2D eigenvalue weighted by Gasteiger charge is 2.26. The lowest BCUT2D eigenvalue weighted by Crippen LogP contribution is -2.17. The van der Waals surface area contributed by atoms with Crippen LogP contribution in [0, 0.1) is 13.8 Å². The fourth-order valence-corrected chi connectivity index (χ4v) is 7.59. The van der Waals surface area contributed by atoms with Gasteiger partial charge in [-0.05, 0) is 122 Å². The van der Waals surface area contributed by atoms with Gasteiger partial charge < -0.3 is 9.47 Å². The molecule has 0 aromatic heterocycles. The van der Waals surface area contributed by atoms with Gasteiger partial charge in [0.05, 0.1) is 17.7 Å². The van der Waals surface area contributed by atoms with E-state index in [2.05, 4.69) is 55.6 Å². The molecule has 1 unspecified atom stereocenters. The zero-order valence-electron chi connectivity index (χ0n) is 23.3. The number of benzene rings is 4. The second-order valence-electron chi connectivity index (χ2n) is 10.6. The summed E-state index contributed by atoms with van der Waals surface area (Å²) in [5.74, 6) is 1.38. The maximum absolute atomic E-state index is 13.5. The molecule has 0 aliphatic heterocycles. The monoisotopic (exact) mass is 697 g/mol. The third-order valence-electron chi connectivity index (χ3n) is 7.63. The molecule has 1 aliphatic carbocycles. The normalized spacial score (nSPS) is 14.8. The van der Waals surface area contributed by atoms with Gasteiger partial charge in [0.1, 0.15) is 18.1 Å². The molecule has 0 saturated heterocycles. The van der Waals surface area contributed by atoms with Crippen molar-refractivity contribution in [1.82, 2.24) is 0 Å². The summed E-state index contributed by atoms with van der Waals surface area (Å²) in [6.45, 7) is 4.46. The van der Waals surface area contributed by atoms with Crippen LogP contribution < -0.4 is 14.2 Å². The number of ether oxygens (including phenoxy) is 2. The van der Waals surface area contributed by atoms with Gasteiger partial charge in [-0.15, -0.1) is 0 Å². The Kier molecular flexibility index (Phi) is 9.12. The Morgan fingerprint density at radius 2 is 1.59 bits per heavy atom. The van der Waals surface area contributed by atoms with Crippen LogP contribution in [0.5, 0.6) is 11.5 Å². The van der Waals surface area contributed by atoms with Gasteiger partial charge in [0.15, 0.2) is 0 Å². The Bertz CT molecular complexity index is 1630. The average Bonchev–Trinajstić information content (AvgIpc) is 2.96. The Morgan fingerprint density at radius 1 is 0.902 bits per heavy atom. The SMILES string of the molecule is COc1ccc(S(=O)(=O)Nc2cc3c(cc2OCc2ccc(C)cc2)CCCC3Cc2cc(Br)c(C)c(Br)c2)cc1. The van der Waals surface area contributed by atoms with E-state index in [0.717, 1.165) is 40.2 Å². The highest BCUT2D eigenvalue weighted by Crippen LogP contribution is 2.41. The van der Waals surface area contributed by atoms with Crippen LogP contribution in [0.15, 0.2) is 86.6 Å². The van der Waals surface area contributed by atoms with Gasteiger partial charge in [-0.1, -0.05) is 61.7 Å². The molecule has 4 aromatic rings. The molecule has 41 heavy (non-hydrogen) atoms. The van der Waals surface area contributed by atoms with Crippen LogP contribution in [-0.2, 0) is 29.5 Å². The van der Waals surface area contributed by atoms with E-state index in [4.69, 9.17) is 9.47 Å². The largest absolute Gasteiger partial charge is 0.497 e.